The van der Waals surface area contributed by atoms with Gasteiger partial charge >= 0.3 is 11.9 Å². The van der Waals surface area contributed by atoms with Gasteiger partial charge in [-0.15, -0.1) is 5.54 Å². The summed E-state index contributed by atoms with van der Waals surface area (Å²) in [6.07, 6.45) is 0. The van der Waals surface area contributed by atoms with Crippen LogP contribution in [0.2, 0.25) is 21.6 Å². The third kappa shape index (κ3) is 5.07. The van der Waals surface area contributed by atoms with Gasteiger partial charge in [0.1, 0.15) is 24.4 Å². The van der Waals surface area contributed by atoms with Gasteiger partial charge in [-0.05, 0) is 48.5 Å². The number of hydrogen-bond donors (Lipinski definition) is 1. The molecule has 1 rings (SSSR count). The molecule has 0 saturated carbocycles. The number of ether oxygens (including phenoxy) is 1. The van der Waals surface area contributed by atoms with Gasteiger partial charge in [0.15, 0.2) is 5.82 Å². The highest BCUT2D eigenvalue weighted by molar-refractivity contribution is 6.90. The molecule has 0 atom stereocenters. The van der Waals surface area contributed by atoms with Crippen LogP contribution in [0.5, 0.6) is 5.75 Å². The molecule has 0 aliphatic carbocycles. The monoisotopic (exact) mass is 469 g/mol. The predicted octanol–water partition coefficient (Wildman–Crippen LogP) is 5.91. The molecule has 8 heteroatoms. The summed E-state index contributed by atoms with van der Waals surface area (Å²) in [6.45, 7) is 15.3. The Kier molecular flexibility index (Phi) is 8.75. The minimum atomic E-state index is -2.26. The van der Waals surface area contributed by atoms with E-state index in [1.807, 2.05) is 0 Å². The summed E-state index contributed by atoms with van der Waals surface area (Å²) >= 11 is 6.04. The van der Waals surface area contributed by atoms with Crippen LogP contribution in [-0.4, -0.2) is 37.7 Å². The third-order valence-electron chi connectivity index (χ3n) is 6.02. The van der Waals surface area contributed by atoms with Gasteiger partial charge in [-0.3, -0.25) is 9.69 Å². The molecule has 0 radical (unpaired) electrons. The van der Waals surface area contributed by atoms with Crippen LogP contribution < -0.4 is 9.64 Å². The van der Waals surface area contributed by atoms with Crippen LogP contribution in [0.1, 0.15) is 55.4 Å². The first-order valence-electron chi connectivity index (χ1n) is 10.3. The maximum atomic E-state index is 15.1. The first kappa shape index (κ1) is 27.0. The lowest BCUT2D eigenvalue weighted by molar-refractivity contribution is -0.143. The number of carbonyl (C=O) groups is 2. The third-order valence-corrected chi connectivity index (χ3v) is 12.7. The maximum absolute atomic E-state index is 15.1. The van der Waals surface area contributed by atoms with Crippen LogP contribution >= 0.6 is 11.6 Å². The molecule has 0 spiro atoms. The van der Waals surface area contributed by atoms with Gasteiger partial charge in [0.2, 0.25) is 0 Å². The van der Waals surface area contributed by atoms with E-state index in [4.69, 9.17) is 16.3 Å². The Hall–Kier alpha value is -2.04. The van der Waals surface area contributed by atoms with Crippen LogP contribution in [0.25, 0.3) is 0 Å². The average Bonchev–Trinajstić information content (AvgIpc) is 2.64. The Balaban J connectivity index is 3.73. The average molecular weight is 470 g/mol. The van der Waals surface area contributed by atoms with E-state index in [-0.39, 0.29) is 33.1 Å². The van der Waals surface area contributed by atoms with Crippen molar-refractivity contribution in [1.29, 1.82) is 0 Å². The molecule has 0 saturated heterocycles. The van der Waals surface area contributed by atoms with Crippen molar-refractivity contribution in [3.05, 3.63) is 23.0 Å². The molecule has 0 bridgehead atoms. The molecule has 0 aliphatic heterocycles. The van der Waals surface area contributed by atoms with Crippen molar-refractivity contribution in [3.63, 3.8) is 0 Å². The summed E-state index contributed by atoms with van der Waals surface area (Å²) in [5.41, 5.74) is 2.09. The number of hydrogen-bond acceptors (Lipinski definition) is 3. The van der Waals surface area contributed by atoms with Crippen LogP contribution in [0.3, 0.4) is 0 Å². The first-order chi connectivity index (χ1) is 14.2. The number of anilines is 1. The van der Waals surface area contributed by atoms with E-state index < -0.39 is 31.3 Å². The van der Waals surface area contributed by atoms with Crippen molar-refractivity contribution in [3.8, 4) is 17.2 Å². The zero-order chi connectivity index (χ0) is 24.3. The molecule has 0 unspecified atom stereocenters. The molecule has 0 aromatic heterocycles. The van der Waals surface area contributed by atoms with Gasteiger partial charge in [0, 0.05) is 0 Å². The molecule has 5 nitrogen and oxygen atoms in total. The summed E-state index contributed by atoms with van der Waals surface area (Å²) in [5, 5.41) is 9.43. The summed E-state index contributed by atoms with van der Waals surface area (Å²) < 4.78 is 20.1. The predicted molar refractivity (Wildman–Crippen MR) is 126 cm³/mol. The second-order valence-corrected chi connectivity index (χ2v) is 15.0. The van der Waals surface area contributed by atoms with Crippen LogP contribution in [0.4, 0.5) is 10.1 Å². The molecule has 1 aromatic rings. The Morgan fingerprint density at radius 2 is 1.61 bits per heavy atom. The van der Waals surface area contributed by atoms with Gasteiger partial charge in [-0.25, -0.2) is 9.18 Å². The van der Waals surface area contributed by atoms with Gasteiger partial charge in [0.25, 0.3) is 0 Å². The number of benzene rings is 1. The second-order valence-electron chi connectivity index (χ2n) is 9.07. The molecule has 1 amide bonds. The molecule has 1 N–H and O–H groups in total. The highest BCUT2D eigenvalue weighted by Gasteiger charge is 2.43. The fraction of sp³-hybridized carbons (Fsp3) is 0.565. The minimum Gasteiger partial charge on any atom is -0.495 e. The number of carboxylic acids is 1. The molecule has 31 heavy (non-hydrogen) atoms. The largest absolute Gasteiger partial charge is 0.495 e. The minimum absolute atomic E-state index is 0.0837. The topological polar surface area (TPSA) is 66.8 Å². The van der Waals surface area contributed by atoms with E-state index in [2.05, 4.69) is 53.0 Å². The molecule has 172 valence electrons. The molecule has 0 fully saturated rings. The number of amides is 1. The van der Waals surface area contributed by atoms with Crippen molar-refractivity contribution in [2.45, 2.75) is 77.6 Å². The lowest BCUT2D eigenvalue weighted by Gasteiger charge is -2.38. The molecule has 0 aliphatic rings. The van der Waals surface area contributed by atoms with E-state index >= 15 is 4.39 Å². The first-order valence-corrected chi connectivity index (χ1v) is 12.9. The number of halogens is 2. The van der Waals surface area contributed by atoms with E-state index in [0.717, 1.165) is 4.90 Å². The summed E-state index contributed by atoms with van der Waals surface area (Å²) in [6, 6.07) is 2.67. The second kappa shape index (κ2) is 10.1. The molecule has 0 heterocycles. The van der Waals surface area contributed by atoms with E-state index in [1.54, 1.807) is 0 Å². The number of rotatable bonds is 7. The molecular formula is C23H33ClFNO4Si. The zero-order valence-corrected chi connectivity index (χ0v) is 21.5. The Morgan fingerprint density at radius 1 is 1.13 bits per heavy atom. The lowest BCUT2D eigenvalue weighted by atomic mass is 10.0. The number of methoxy groups -OCH3 is 1. The zero-order valence-electron chi connectivity index (χ0n) is 19.8. The van der Waals surface area contributed by atoms with Gasteiger partial charge in [-0.1, -0.05) is 53.1 Å². The van der Waals surface area contributed by atoms with Crippen molar-refractivity contribution in [1.82, 2.24) is 0 Å². The van der Waals surface area contributed by atoms with Crippen LogP contribution in [0.15, 0.2) is 12.1 Å². The van der Waals surface area contributed by atoms with E-state index in [1.165, 1.54) is 33.1 Å². The van der Waals surface area contributed by atoms with Crippen LogP contribution in [0, 0.1) is 17.3 Å². The van der Waals surface area contributed by atoms with Gasteiger partial charge < -0.3 is 9.84 Å². The number of carboxylic acid groups (broad SMARTS) is 1. The van der Waals surface area contributed by atoms with Crippen molar-refractivity contribution >= 4 is 37.2 Å². The summed E-state index contributed by atoms with van der Waals surface area (Å²) in [4.78, 5) is 26.1. The fourth-order valence-corrected chi connectivity index (χ4v) is 9.69. The number of nitrogens with zero attached hydrogens (tertiary/aromatic N) is 1. The highest BCUT2D eigenvalue weighted by Crippen LogP contribution is 2.41. The summed E-state index contributed by atoms with van der Waals surface area (Å²) in [5.74, 6) is -0.242. The fourth-order valence-electron chi connectivity index (χ4n) is 4.26. The Morgan fingerprint density at radius 3 is 2.00 bits per heavy atom. The summed E-state index contributed by atoms with van der Waals surface area (Å²) in [7, 11) is -0.921. The quantitative estimate of drug-likeness (QED) is 0.398. The van der Waals surface area contributed by atoms with Gasteiger partial charge in [0.05, 0.1) is 12.8 Å². The standard InChI is InChI=1S/C23H33ClFNO4Si/c1-14(2)31(15(3)4,16(5)6)13-12-19(27)26(23(7,8)22(28)29)17-10-11-18(30-9)20(24)21(17)25/h10-11,14-16H,1-9H3,(H,28,29). The highest BCUT2D eigenvalue weighted by atomic mass is 35.5. The SMILES string of the molecule is COc1ccc(N(C(=O)C#C[Si](C(C)C)(C(C)C)C(C)C)C(C)(C)C(=O)O)c(F)c1Cl. The maximum Gasteiger partial charge on any atom is 0.329 e. The van der Waals surface area contributed by atoms with Crippen molar-refractivity contribution in [2.75, 3.05) is 12.0 Å². The van der Waals surface area contributed by atoms with E-state index in [0.29, 0.717) is 0 Å². The normalized spacial score (nSPS) is 12.1. The number of carbonyl (C=O) groups excluding carboxylic acids is 1. The number of aliphatic carboxylic acids is 1. The smallest absolute Gasteiger partial charge is 0.329 e. The Labute approximate surface area is 190 Å². The van der Waals surface area contributed by atoms with Crippen molar-refractivity contribution < 1.29 is 23.8 Å². The van der Waals surface area contributed by atoms with E-state index in [9.17, 15) is 14.7 Å². The molecular weight excluding hydrogens is 437 g/mol. The molecule has 1 aromatic carbocycles. The Bertz CT molecular complexity index is 881. The lowest BCUT2D eigenvalue weighted by Crippen LogP contribution is -2.53. The van der Waals surface area contributed by atoms with Crippen molar-refractivity contribution in [2.24, 2.45) is 0 Å². The van der Waals surface area contributed by atoms with Gasteiger partial charge in [-0.2, -0.15) is 0 Å². The van der Waals surface area contributed by atoms with Crippen LogP contribution in [-0.2, 0) is 9.59 Å².